The van der Waals surface area contributed by atoms with Gasteiger partial charge in [-0.15, -0.1) is 0 Å². The quantitative estimate of drug-likeness (QED) is 0.884. The van der Waals surface area contributed by atoms with Crippen molar-refractivity contribution in [1.82, 2.24) is 14.7 Å². The van der Waals surface area contributed by atoms with Crippen LogP contribution in [0.2, 0.25) is 0 Å². The van der Waals surface area contributed by atoms with E-state index < -0.39 is 6.10 Å². The van der Waals surface area contributed by atoms with E-state index in [-0.39, 0.29) is 24.6 Å². The van der Waals surface area contributed by atoms with Gasteiger partial charge in [0.05, 0.1) is 11.8 Å². The fraction of sp³-hybridized carbons (Fsp3) is 0.312. The van der Waals surface area contributed by atoms with E-state index in [0.717, 1.165) is 10.2 Å². The molecule has 1 unspecified atom stereocenters. The molecule has 0 radical (unpaired) electrons. The summed E-state index contributed by atoms with van der Waals surface area (Å²) in [5.74, 6) is -0.277. The van der Waals surface area contributed by atoms with Gasteiger partial charge in [-0.05, 0) is 13.0 Å². The summed E-state index contributed by atoms with van der Waals surface area (Å²) < 4.78 is 1.14. The zero-order valence-corrected chi connectivity index (χ0v) is 12.6. The largest absolute Gasteiger partial charge is 0.392 e. The van der Waals surface area contributed by atoms with Crippen LogP contribution in [0.1, 0.15) is 6.92 Å². The maximum atomic E-state index is 12.1. The Labute approximate surface area is 128 Å². The molecule has 2 aromatic rings. The maximum absolute atomic E-state index is 12.1. The highest BCUT2D eigenvalue weighted by Crippen LogP contribution is 2.13. The summed E-state index contributed by atoms with van der Waals surface area (Å²) in [7, 11) is 1.58. The molecule has 6 nitrogen and oxygen atoms in total. The number of hydrogen-bond donors (Lipinski definition) is 1. The van der Waals surface area contributed by atoms with Crippen LogP contribution in [0.4, 0.5) is 0 Å². The van der Waals surface area contributed by atoms with Crippen LogP contribution in [-0.4, -0.2) is 45.4 Å². The van der Waals surface area contributed by atoms with Crippen molar-refractivity contribution < 1.29 is 9.90 Å². The summed E-state index contributed by atoms with van der Waals surface area (Å²) in [6, 6.07) is 12.5. The van der Waals surface area contributed by atoms with Gasteiger partial charge >= 0.3 is 0 Å². The van der Waals surface area contributed by atoms with Gasteiger partial charge in [0.25, 0.3) is 5.56 Å². The highest BCUT2D eigenvalue weighted by Gasteiger charge is 2.13. The van der Waals surface area contributed by atoms with Crippen molar-refractivity contribution >= 4 is 5.91 Å². The fourth-order valence-electron chi connectivity index (χ4n) is 2.07. The third-order valence-electron chi connectivity index (χ3n) is 3.19. The Morgan fingerprint density at radius 2 is 1.95 bits per heavy atom. The molecule has 0 aliphatic carbocycles. The lowest BCUT2D eigenvalue weighted by Gasteiger charge is -2.19. The van der Waals surface area contributed by atoms with Gasteiger partial charge in [0.1, 0.15) is 6.54 Å². The van der Waals surface area contributed by atoms with Crippen LogP contribution >= 0.6 is 0 Å². The molecule has 1 aromatic heterocycles. The maximum Gasteiger partial charge on any atom is 0.267 e. The number of nitrogens with zero attached hydrogens (tertiary/aromatic N) is 3. The average Bonchev–Trinajstić information content (AvgIpc) is 2.49. The van der Waals surface area contributed by atoms with E-state index in [9.17, 15) is 14.7 Å². The Bertz CT molecular complexity index is 695. The monoisotopic (exact) mass is 301 g/mol. The third kappa shape index (κ3) is 4.02. The van der Waals surface area contributed by atoms with Crippen molar-refractivity contribution in [3.05, 3.63) is 52.8 Å². The van der Waals surface area contributed by atoms with Crippen LogP contribution in [0.3, 0.4) is 0 Å². The van der Waals surface area contributed by atoms with E-state index >= 15 is 0 Å². The lowest BCUT2D eigenvalue weighted by molar-refractivity contribution is -0.131. The molecule has 1 atom stereocenters. The summed E-state index contributed by atoms with van der Waals surface area (Å²) in [6.07, 6.45) is -0.616. The molecule has 0 spiro atoms. The van der Waals surface area contributed by atoms with E-state index in [0.29, 0.717) is 5.69 Å². The fourth-order valence-corrected chi connectivity index (χ4v) is 2.07. The van der Waals surface area contributed by atoms with Crippen molar-refractivity contribution in [2.24, 2.45) is 0 Å². The summed E-state index contributed by atoms with van der Waals surface area (Å²) in [5.41, 5.74) is 1.17. The van der Waals surface area contributed by atoms with Crippen molar-refractivity contribution in [2.75, 3.05) is 13.6 Å². The first-order valence-corrected chi connectivity index (χ1v) is 7.03. The smallest absolute Gasteiger partial charge is 0.267 e. The molecule has 22 heavy (non-hydrogen) atoms. The summed E-state index contributed by atoms with van der Waals surface area (Å²) in [6.45, 7) is 1.67. The minimum atomic E-state index is -0.616. The van der Waals surface area contributed by atoms with Gasteiger partial charge in [0.2, 0.25) is 5.91 Å². The molecule has 116 valence electrons. The summed E-state index contributed by atoms with van der Waals surface area (Å²) in [4.78, 5) is 25.3. The Hall–Kier alpha value is -2.47. The molecule has 0 aliphatic heterocycles. The number of aliphatic hydroxyl groups excluding tert-OH is 1. The van der Waals surface area contributed by atoms with Crippen LogP contribution in [0.15, 0.2) is 47.3 Å². The standard InChI is InChI=1S/C16H19N3O3/c1-12(20)10-18(2)16(22)11-19-15(21)9-8-14(17-19)13-6-4-3-5-7-13/h3-9,12,20H,10-11H2,1-2H3. The molecule has 1 heterocycles. The molecule has 1 N–H and O–H groups in total. The van der Waals surface area contributed by atoms with Crippen molar-refractivity contribution in [3.8, 4) is 11.3 Å². The number of hydrogen-bond acceptors (Lipinski definition) is 4. The lowest BCUT2D eigenvalue weighted by Crippen LogP contribution is -2.38. The van der Waals surface area contributed by atoms with Crippen LogP contribution in [0.25, 0.3) is 11.3 Å². The highest BCUT2D eigenvalue weighted by atomic mass is 16.3. The first kappa shape index (κ1) is 15.9. The average molecular weight is 301 g/mol. The van der Waals surface area contributed by atoms with Gasteiger partial charge in [-0.3, -0.25) is 9.59 Å². The molecule has 1 aromatic carbocycles. The molecule has 0 bridgehead atoms. The summed E-state index contributed by atoms with van der Waals surface area (Å²) in [5, 5.41) is 13.5. The van der Waals surface area contributed by atoms with Crippen LogP contribution < -0.4 is 5.56 Å². The number of carbonyl (C=O) groups is 1. The molecular weight excluding hydrogens is 282 g/mol. The molecule has 0 saturated carbocycles. The predicted octanol–water partition coefficient (Wildman–Crippen LogP) is 0.749. The number of aromatic nitrogens is 2. The number of aliphatic hydroxyl groups is 1. The molecule has 0 saturated heterocycles. The zero-order chi connectivity index (χ0) is 16.1. The number of amides is 1. The van der Waals surface area contributed by atoms with Gasteiger partial charge in [0, 0.05) is 25.2 Å². The van der Waals surface area contributed by atoms with Crippen LogP contribution in [-0.2, 0) is 11.3 Å². The van der Waals surface area contributed by atoms with Crippen molar-refractivity contribution in [1.29, 1.82) is 0 Å². The topological polar surface area (TPSA) is 75.4 Å². The van der Waals surface area contributed by atoms with E-state index in [1.165, 1.54) is 11.0 Å². The number of rotatable bonds is 5. The number of carbonyl (C=O) groups excluding carboxylic acids is 1. The second-order valence-corrected chi connectivity index (χ2v) is 5.20. The number of likely N-dealkylation sites (N-methyl/N-ethyl adjacent to an activating group) is 1. The van der Waals surface area contributed by atoms with E-state index in [4.69, 9.17) is 0 Å². The Kier molecular flexibility index (Phi) is 5.06. The normalized spacial score (nSPS) is 12.0. The van der Waals surface area contributed by atoms with Gasteiger partial charge < -0.3 is 10.0 Å². The molecule has 6 heteroatoms. The first-order valence-electron chi connectivity index (χ1n) is 7.03. The minimum Gasteiger partial charge on any atom is -0.392 e. The van der Waals surface area contributed by atoms with Gasteiger partial charge in [-0.2, -0.15) is 5.10 Å². The SMILES string of the molecule is CC(O)CN(C)C(=O)Cn1nc(-c2ccccc2)ccc1=O. The van der Waals surface area contributed by atoms with Crippen LogP contribution in [0.5, 0.6) is 0 Å². The van der Waals surface area contributed by atoms with E-state index in [2.05, 4.69) is 5.10 Å². The molecule has 0 aliphatic rings. The molecule has 0 fully saturated rings. The summed E-state index contributed by atoms with van der Waals surface area (Å²) >= 11 is 0. The highest BCUT2D eigenvalue weighted by molar-refractivity contribution is 5.75. The predicted molar refractivity (Wildman–Crippen MR) is 83.3 cm³/mol. The number of benzene rings is 1. The lowest BCUT2D eigenvalue weighted by atomic mass is 10.1. The third-order valence-corrected chi connectivity index (χ3v) is 3.19. The van der Waals surface area contributed by atoms with Gasteiger partial charge in [-0.1, -0.05) is 30.3 Å². The molecular formula is C16H19N3O3. The van der Waals surface area contributed by atoms with Crippen LogP contribution in [0, 0.1) is 0 Å². The minimum absolute atomic E-state index is 0.150. The van der Waals surface area contributed by atoms with Gasteiger partial charge in [0.15, 0.2) is 0 Å². The van der Waals surface area contributed by atoms with Crippen molar-refractivity contribution in [3.63, 3.8) is 0 Å². The second kappa shape index (κ2) is 7.00. The molecule has 1 amide bonds. The van der Waals surface area contributed by atoms with Gasteiger partial charge in [-0.25, -0.2) is 4.68 Å². The van der Waals surface area contributed by atoms with Crippen molar-refractivity contribution in [2.45, 2.75) is 19.6 Å². The Balaban J connectivity index is 2.21. The Morgan fingerprint density at radius 1 is 1.27 bits per heavy atom. The second-order valence-electron chi connectivity index (χ2n) is 5.20. The first-order chi connectivity index (χ1) is 10.5. The van der Waals surface area contributed by atoms with E-state index in [1.54, 1.807) is 20.0 Å². The zero-order valence-electron chi connectivity index (χ0n) is 12.6. The van der Waals surface area contributed by atoms with E-state index in [1.807, 2.05) is 30.3 Å². The molecule has 2 rings (SSSR count). The Morgan fingerprint density at radius 3 is 2.59 bits per heavy atom.